The van der Waals surface area contributed by atoms with Gasteiger partial charge in [0.25, 0.3) is 0 Å². The predicted octanol–water partition coefficient (Wildman–Crippen LogP) is 4.19. The Morgan fingerprint density at radius 1 is 0.950 bits per heavy atom. The van der Waals surface area contributed by atoms with Crippen LogP contribution in [0.4, 0.5) is 17.3 Å². The molecule has 204 valence electrons. The van der Waals surface area contributed by atoms with Crippen molar-refractivity contribution in [3.8, 4) is 22.4 Å². The SMILES string of the molecule is C[C@H]1C[C@H](c2nc3c(-c4ccc(-c5ccccc5)nc4)cnn3c(N)c2S(C)(=O)=O)CCN1c1ncccc1N. The second-order valence-electron chi connectivity index (χ2n) is 10.3. The minimum absolute atomic E-state index is 0.0372. The van der Waals surface area contributed by atoms with E-state index in [2.05, 4.69) is 26.9 Å². The Morgan fingerprint density at radius 2 is 1.75 bits per heavy atom. The van der Waals surface area contributed by atoms with E-state index in [1.165, 1.54) is 10.8 Å². The number of rotatable bonds is 5. The van der Waals surface area contributed by atoms with Crippen molar-refractivity contribution >= 4 is 32.8 Å². The smallest absolute Gasteiger partial charge is 0.180 e. The first-order valence-electron chi connectivity index (χ1n) is 13.1. The van der Waals surface area contributed by atoms with Crippen LogP contribution in [0.15, 0.2) is 78.1 Å². The highest BCUT2D eigenvalue weighted by Crippen LogP contribution is 2.39. The minimum Gasteiger partial charge on any atom is -0.396 e. The topological polar surface area (TPSA) is 145 Å². The lowest BCUT2D eigenvalue weighted by molar-refractivity contribution is 0.418. The summed E-state index contributed by atoms with van der Waals surface area (Å²) in [7, 11) is -3.69. The van der Waals surface area contributed by atoms with Gasteiger partial charge in [0.05, 0.1) is 23.3 Å². The summed E-state index contributed by atoms with van der Waals surface area (Å²) in [4.78, 5) is 16.3. The molecule has 0 saturated carbocycles. The number of pyridine rings is 2. The van der Waals surface area contributed by atoms with Crippen LogP contribution < -0.4 is 16.4 Å². The Hall–Kier alpha value is -4.51. The minimum atomic E-state index is -3.69. The second kappa shape index (κ2) is 9.91. The molecule has 0 unspecified atom stereocenters. The third-order valence-corrected chi connectivity index (χ3v) is 8.69. The van der Waals surface area contributed by atoms with Crippen molar-refractivity contribution in [1.82, 2.24) is 24.6 Å². The fourth-order valence-electron chi connectivity index (χ4n) is 5.60. The molecule has 1 aliphatic heterocycles. The number of benzene rings is 1. The van der Waals surface area contributed by atoms with E-state index in [0.717, 1.165) is 28.2 Å². The molecule has 6 rings (SSSR count). The lowest BCUT2D eigenvalue weighted by Gasteiger charge is -2.39. The number of anilines is 3. The molecule has 1 aromatic carbocycles. The highest BCUT2D eigenvalue weighted by Gasteiger charge is 2.34. The van der Waals surface area contributed by atoms with Gasteiger partial charge in [0, 0.05) is 53.8 Å². The molecule has 4 aromatic heterocycles. The Labute approximate surface area is 232 Å². The quantitative estimate of drug-likeness (QED) is 0.326. The summed E-state index contributed by atoms with van der Waals surface area (Å²) in [5, 5.41) is 4.42. The van der Waals surface area contributed by atoms with E-state index in [0.29, 0.717) is 36.4 Å². The fraction of sp³-hybridized carbons (Fsp3) is 0.241. The number of hydrogen-bond acceptors (Lipinski definition) is 9. The van der Waals surface area contributed by atoms with Gasteiger partial charge in [-0.05, 0) is 38.0 Å². The lowest BCUT2D eigenvalue weighted by Crippen LogP contribution is -2.41. The zero-order valence-electron chi connectivity index (χ0n) is 22.3. The number of nitrogens with two attached hydrogens (primary N) is 2. The van der Waals surface area contributed by atoms with Crippen molar-refractivity contribution in [2.45, 2.75) is 36.6 Å². The molecule has 1 aliphatic rings. The van der Waals surface area contributed by atoms with E-state index in [4.69, 9.17) is 16.5 Å². The maximum absolute atomic E-state index is 13.0. The van der Waals surface area contributed by atoms with Crippen LogP contribution in [0, 0.1) is 0 Å². The fourth-order valence-corrected chi connectivity index (χ4v) is 6.65. The molecule has 10 nitrogen and oxygen atoms in total. The number of sulfone groups is 1. The normalized spacial score (nSPS) is 17.8. The Kier molecular flexibility index (Phi) is 6.38. The van der Waals surface area contributed by atoms with E-state index < -0.39 is 9.84 Å². The molecule has 0 aliphatic carbocycles. The van der Waals surface area contributed by atoms with E-state index in [9.17, 15) is 8.42 Å². The highest BCUT2D eigenvalue weighted by molar-refractivity contribution is 7.91. The molecule has 0 spiro atoms. The zero-order chi connectivity index (χ0) is 28.0. The first-order valence-corrected chi connectivity index (χ1v) is 15.0. The molecular weight excluding hydrogens is 524 g/mol. The van der Waals surface area contributed by atoms with Crippen molar-refractivity contribution in [1.29, 1.82) is 0 Å². The molecule has 2 atom stereocenters. The monoisotopic (exact) mass is 554 g/mol. The molecule has 0 radical (unpaired) electrons. The number of nitrogens with zero attached hydrogens (tertiary/aromatic N) is 6. The number of aromatic nitrogens is 5. The van der Waals surface area contributed by atoms with Crippen LogP contribution >= 0.6 is 0 Å². The van der Waals surface area contributed by atoms with Gasteiger partial charge in [-0.25, -0.2) is 18.4 Å². The maximum atomic E-state index is 13.0. The second-order valence-corrected chi connectivity index (χ2v) is 12.2. The van der Waals surface area contributed by atoms with E-state index in [1.807, 2.05) is 54.6 Å². The molecular formula is C29H30N8O2S. The van der Waals surface area contributed by atoms with Crippen LogP contribution in [0.25, 0.3) is 28.0 Å². The first-order chi connectivity index (χ1) is 19.2. The van der Waals surface area contributed by atoms with Gasteiger partial charge in [0.1, 0.15) is 10.7 Å². The summed E-state index contributed by atoms with van der Waals surface area (Å²) >= 11 is 0. The largest absolute Gasteiger partial charge is 0.396 e. The summed E-state index contributed by atoms with van der Waals surface area (Å²) in [6, 6.07) is 17.5. The van der Waals surface area contributed by atoms with E-state index in [-0.39, 0.29) is 22.7 Å². The molecule has 40 heavy (non-hydrogen) atoms. The average Bonchev–Trinajstić information content (AvgIpc) is 3.38. The van der Waals surface area contributed by atoms with E-state index >= 15 is 0 Å². The number of fused-ring (bicyclic) bond motifs is 1. The highest BCUT2D eigenvalue weighted by atomic mass is 32.2. The third-order valence-electron chi connectivity index (χ3n) is 7.53. The lowest BCUT2D eigenvalue weighted by atomic mass is 9.88. The molecule has 4 N–H and O–H groups in total. The van der Waals surface area contributed by atoms with Gasteiger partial charge in [-0.15, -0.1) is 0 Å². The van der Waals surface area contributed by atoms with Gasteiger partial charge >= 0.3 is 0 Å². The number of hydrogen-bond donors (Lipinski definition) is 2. The van der Waals surface area contributed by atoms with Crippen LogP contribution in [0.2, 0.25) is 0 Å². The van der Waals surface area contributed by atoms with Crippen LogP contribution in [0.5, 0.6) is 0 Å². The standard InChI is InChI=1S/C29H30N8O2S/c1-18-15-20(12-14-36(18)29-23(30)9-6-13-32-29)25-26(40(2,38)39)27(31)37-28(35-25)22(17-34-37)21-10-11-24(33-16-21)19-7-4-3-5-8-19/h3-11,13,16-18,20H,12,14-15,30-31H2,1-2H3/t18-,20+/m0/s1. The van der Waals surface area contributed by atoms with Gasteiger partial charge in [-0.3, -0.25) is 4.98 Å². The van der Waals surface area contributed by atoms with Crippen molar-refractivity contribution in [2.75, 3.05) is 29.2 Å². The third kappa shape index (κ3) is 4.51. The van der Waals surface area contributed by atoms with Crippen molar-refractivity contribution in [3.05, 3.63) is 78.9 Å². The summed E-state index contributed by atoms with van der Waals surface area (Å²) in [5.41, 5.74) is 17.7. The van der Waals surface area contributed by atoms with Gasteiger partial charge in [-0.2, -0.15) is 9.61 Å². The zero-order valence-corrected chi connectivity index (χ0v) is 23.1. The first kappa shape index (κ1) is 25.8. The summed E-state index contributed by atoms with van der Waals surface area (Å²) in [6.45, 7) is 2.74. The molecule has 1 fully saturated rings. The summed E-state index contributed by atoms with van der Waals surface area (Å²) in [6.07, 6.45) is 7.66. The Balaban J connectivity index is 1.41. The van der Waals surface area contributed by atoms with Crippen LogP contribution in [-0.4, -0.2) is 51.8 Å². The van der Waals surface area contributed by atoms with Crippen LogP contribution in [0.3, 0.4) is 0 Å². The Bertz CT molecular complexity index is 1800. The molecule has 0 amide bonds. The predicted molar refractivity (Wildman–Crippen MR) is 157 cm³/mol. The average molecular weight is 555 g/mol. The summed E-state index contributed by atoms with van der Waals surface area (Å²) in [5.74, 6) is 0.672. The molecule has 5 aromatic rings. The van der Waals surface area contributed by atoms with E-state index in [1.54, 1.807) is 18.6 Å². The van der Waals surface area contributed by atoms with Gasteiger partial charge in [-0.1, -0.05) is 36.4 Å². The van der Waals surface area contributed by atoms with Crippen molar-refractivity contribution < 1.29 is 8.42 Å². The van der Waals surface area contributed by atoms with Gasteiger partial charge in [0.15, 0.2) is 21.3 Å². The maximum Gasteiger partial charge on any atom is 0.180 e. The molecule has 0 bridgehead atoms. The van der Waals surface area contributed by atoms with Gasteiger partial charge < -0.3 is 16.4 Å². The van der Waals surface area contributed by atoms with Crippen LogP contribution in [0.1, 0.15) is 31.4 Å². The van der Waals surface area contributed by atoms with Crippen LogP contribution in [-0.2, 0) is 9.84 Å². The van der Waals surface area contributed by atoms with Crippen molar-refractivity contribution in [3.63, 3.8) is 0 Å². The molecule has 11 heteroatoms. The molecule has 5 heterocycles. The Morgan fingerprint density at radius 3 is 2.42 bits per heavy atom. The molecule has 1 saturated heterocycles. The number of nitrogen functional groups attached to an aromatic ring is 2. The van der Waals surface area contributed by atoms with Crippen molar-refractivity contribution in [2.24, 2.45) is 0 Å². The summed E-state index contributed by atoms with van der Waals surface area (Å²) < 4.78 is 27.4. The van der Waals surface area contributed by atoms with Gasteiger partial charge in [0.2, 0.25) is 0 Å². The number of piperidine rings is 1.